The molecular formula is C26H16N2OS. The zero-order valence-electron chi connectivity index (χ0n) is 15.9. The molecule has 4 heteroatoms. The Morgan fingerprint density at radius 1 is 0.700 bits per heavy atom. The summed E-state index contributed by atoms with van der Waals surface area (Å²) in [5.74, 6) is 0.0236. The zero-order valence-corrected chi connectivity index (χ0v) is 16.8. The molecule has 0 atom stereocenters. The second-order valence-electron chi connectivity index (χ2n) is 7.21. The average Bonchev–Trinajstić information content (AvgIpc) is 3.35. The number of fused-ring (bicyclic) bond motifs is 4. The predicted octanol–water partition coefficient (Wildman–Crippen LogP) is 6.62. The van der Waals surface area contributed by atoms with Gasteiger partial charge in [0, 0.05) is 38.8 Å². The van der Waals surface area contributed by atoms with Crippen LogP contribution in [0.5, 0.6) is 0 Å². The lowest BCUT2D eigenvalue weighted by Gasteiger charge is -2.10. The van der Waals surface area contributed by atoms with E-state index in [9.17, 15) is 4.79 Å². The lowest BCUT2D eigenvalue weighted by atomic mass is 10.1. The van der Waals surface area contributed by atoms with Gasteiger partial charge in [0.15, 0.2) is 0 Å². The number of benzene rings is 3. The molecule has 0 N–H and O–H groups in total. The second kappa shape index (κ2) is 6.65. The monoisotopic (exact) mass is 404 g/mol. The summed E-state index contributed by atoms with van der Waals surface area (Å²) in [5, 5.41) is 3.46. The first kappa shape index (κ1) is 17.1. The molecular weight excluding hydrogens is 388 g/mol. The van der Waals surface area contributed by atoms with E-state index in [4.69, 9.17) is 0 Å². The number of carbonyl (C=O) groups is 1. The maximum absolute atomic E-state index is 13.6. The van der Waals surface area contributed by atoms with Gasteiger partial charge in [0.1, 0.15) is 4.88 Å². The van der Waals surface area contributed by atoms with Crippen molar-refractivity contribution in [3.8, 4) is 5.69 Å². The van der Waals surface area contributed by atoms with E-state index in [-0.39, 0.29) is 5.78 Å². The van der Waals surface area contributed by atoms with Gasteiger partial charge in [0.2, 0.25) is 5.78 Å². The molecule has 0 saturated carbocycles. The first-order valence-electron chi connectivity index (χ1n) is 9.78. The van der Waals surface area contributed by atoms with E-state index >= 15 is 0 Å². The third-order valence-electron chi connectivity index (χ3n) is 5.52. The van der Waals surface area contributed by atoms with Crippen molar-refractivity contribution >= 4 is 49.0 Å². The fraction of sp³-hybridized carbons (Fsp3) is 0. The van der Waals surface area contributed by atoms with Crippen molar-refractivity contribution in [2.24, 2.45) is 0 Å². The fourth-order valence-electron chi connectivity index (χ4n) is 4.21. The molecule has 3 aromatic carbocycles. The summed E-state index contributed by atoms with van der Waals surface area (Å²) in [5.41, 5.74) is 3.81. The van der Waals surface area contributed by atoms with E-state index in [0.717, 1.165) is 31.7 Å². The maximum atomic E-state index is 13.6. The summed E-state index contributed by atoms with van der Waals surface area (Å²) in [7, 11) is 0. The van der Waals surface area contributed by atoms with Crippen LogP contribution >= 0.6 is 11.3 Å². The zero-order chi connectivity index (χ0) is 20.1. The first-order chi connectivity index (χ1) is 14.8. The minimum absolute atomic E-state index is 0.0236. The van der Waals surface area contributed by atoms with Crippen LogP contribution < -0.4 is 0 Å². The number of hydrogen-bond acceptors (Lipinski definition) is 3. The average molecular weight is 404 g/mol. The number of aromatic nitrogens is 2. The molecule has 0 fully saturated rings. The topological polar surface area (TPSA) is 34.9 Å². The molecule has 0 amide bonds. The molecule has 0 radical (unpaired) electrons. The highest BCUT2D eigenvalue weighted by molar-refractivity contribution is 7.21. The molecule has 30 heavy (non-hydrogen) atoms. The normalized spacial score (nSPS) is 11.5. The number of pyridine rings is 1. The van der Waals surface area contributed by atoms with E-state index in [2.05, 4.69) is 70.2 Å². The molecule has 0 aliphatic carbocycles. The van der Waals surface area contributed by atoms with E-state index in [1.807, 2.05) is 12.1 Å². The van der Waals surface area contributed by atoms with Gasteiger partial charge in [-0.15, -0.1) is 11.3 Å². The van der Waals surface area contributed by atoms with Gasteiger partial charge >= 0.3 is 0 Å². The van der Waals surface area contributed by atoms with Crippen LogP contribution in [0.15, 0.2) is 97.3 Å². The van der Waals surface area contributed by atoms with Crippen molar-refractivity contribution in [2.75, 3.05) is 0 Å². The maximum Gasteiger partial charge on any atom is 0.205 e. The number of rotatable bonds is 3. The molecule has 3 aromatic heterocycles. The number of hydrogen-bond donors (Lipinski definition) is 0. The quantitative estimate of drug-likeness (QED) is 0.311. The van der Waals surface area contributed by atoms with Crippen molar-refractivity contribution in [2.45, 2.75) is 0 Å². The van der Waals surface area contributed by atoms with Crippen LogP contribution in [-0.2, 0) is 0 Å². The van der Waals surface area contributed by atoms with Crippen LogP contribution in [0.1, 0.15) is 15.2 Å². The Bertz CT molecular complexity index is 1510. The number of para-hydroxylation sites is 2. The SMILES string of the molecule is O=C(c1ccncc1)c1sc2ccccc2c1-n1c2ccccc2c2ccccc21. The number of carbonyl (C=O) groups excluding carboxylic acids is 1. The van der Waals surface area contributed by atoms with E-state index < -0.39 is 0 Å². The molecule has 6 aromatic rings. The first-order valence-corrected chi connectivity index (χ1v) is 10.6. The number of thiophene rings is 1. The molecule has 0 spiro atoms. The lowest BCUT2D eigenvalue weighted by molar-refractivity contribution is 0.104. The summed E-state index contributed by atoms with van der Waals surface area (Å²) >= 11 is 1.55. The van der Waals surface area contributed by atoms with Crippen LogP contribution in [0.2, 0.25) is 0 Å². The van der Waals surface area contributed by atoms with Gasteiger partial charge in [-0.25, -0.2) is 0 Å². The molecule has 6 rings (SSSR count). The molecule has 0 unspecified atom stereocenters. The van der Waals surface area contributed by atoms with Gasteiger partial charge in [0.05, 0.1) is 16.7 Å². The minimum atomic E-state index is 0.0236. The smallest absolute Gasteiger partial charge is 0.205 e. The highest BCUT2D eigenvalue weighted by atomic mass is 32.1. The van der Waals surface area contributed by atoms with Crippen LogP contribution in [0.3, 0.4) is 0 Å². The third kappa shape index (κ3) is 2.44. The third-order valence-corrected chi connectivity index (χ3v) is 6.68. The fourth-order valence-corrected chi connectivity index (χ4v) is 5.36. The molecule has 3 heterocycles. The highest BCUT2D eigenvalue weighted by Gasteiger charge is 2.23. The Morgan fingerprint density at radius 2 is 1.27 bits per heavy atom. The van der Waals surface area contributed by atoms with Crippen LogP contribution in [-0.4, -0.2) is 15.3 Å². The van der Waals surface area contributed by atoms with Crippen molar-refractivity contribution in [3.63, 3.8) is 0 Å². The molecule has 142 valence electrons. The molecule has 0 saturated heterocycles. The summed E-state index contributed by atoms with van der Waals surface area (Å²) < 4.78 is 3.35. The van der Waals surface area contributed by atoms with E-state index in [0.29, 0.717) is 5.56 Å². The van der Waals surface area contributed by atoms with Crippen LogP contribution in [0.25, 0.3) is 37.6 Å². The Kier molecular flexibility index (Phi) is 3.79. The Morgan fingerprint density at radius 3 is 1.93 bits per heavy atom. The molecule has 0 aliphatic rings. The van der Waals surface area contributed by atoms with Crippen molar-refractivity contribution in [1.82, 2.24) is 9.55 Å². The molecule has 0 aliphatic heterocycles. The van der Waals surface area contributed by atoms with Crippen LogP contribution in [0, 0.1) is 0 Å². The van der Waals surface area contributed by atoms with Crippen LogP contribution in [0.4, 0.5) is 0 Å². The summed E-state index contributed by atoms with van der Waals surface area (Å²) in [6, 6.07) is 28.6. The van der Waals surface area contributed by atoms with Gasteiger partial charge in [-0.05, 0) is 30.3 Å². The second-order valence-corrected chi connectivity index (χ2v) is 8.26. The molecule has 0 bridgehead atoms. The summed E-state index contributed by atoms with van der Waals surface area (Å²) in [6.07, 6.45) is 3.33. The van der Waals surface area contributed by atoms with Gasteiger partial charge in [-0.3, -0.25) is 9.78 Å². The Hall–Kier alpha value is -3.76. The number of nitrogens with zero attached hydrogens (tertiary/aromatic N) is 2. The highest BCUT2D eigenvalue weighted by Crippen LogP contribution is 2.40. The lowest BCUT2D eigenvalue weighted by Crippen LogP contribution is -2.04. The van der Waals surface area contributed by atoms with Gasteiger partial charge < -0.3 is 4.57 Å². The van der Waals surface area contributed by atoms with Gasteiger partial charge in [-0.1, -0.05) is 54.6 Å². The Labute approximate surface area is 176 Å². The largest absolute Gasteiger partial charge is 0.307 e. The van der Waals surface area contributed by atoms with Crippen molar-refractivity contribution < 1.29 is 4.79 Å². The predicted molar refractivity (Wildman–Crippen MR) is 124 cm³/mol. The van der Waals surface area contributed by atoms with Gasteiger partial charge in [0.25, 0.3) is 0 Å². The molecule has 3 nitrogen and oxygen atoms in total. The Balaban J connectivity index is 1.77. The van der Waals surface area contributed by atoms with E-state index in [1.165, 1.54) is 10.8 Å². The standard InChI is InChI=1S/C26H16N2OS/c29-25(17-13-15-27-16-14-17)26-24(20-9-3-6-12-23(20)30-26)28-21-10-4-1-7-18(21)19-8-2-5-11-22(19)28/h1-16H. The number of ketones is 1. The van der Waals surface area contributed by atoms with E-state index in [1.54, 1.807) is 35.9 Å². The minimum Gasteiger partial charge on any atom is -0.307 e. The van der Waals surface area contributed by atoms with Gasteiger partial charge in [-0.2, -0.15) is 0 Å². The summed E-state index contributed by atoms with van der Waals surface area (Å²) in [4.78, 5) is 18.4. The van der Waals surface area contributed by atoms with Crippen molar-refractivity contribution in [3.05, 3.63) is 108 Å². The van der Waals surface area contributed by atoms with Crippen molar-refractivity contribution in [1.29, 1.82) is 0 Å². The summed E-state index contributed by atoms with van der Waals surface area (Å²) in [6.45, 7) is 0.